The van der Waals surface area contributed by atoms with Crippen LogP contribution in [-0.4, -0.2) is 17.2 Å². The van der Waals surface area contributed by atoms with Crippen LogP contribution in [0.2, 0.25) is 0 Å². The Kier molecular flexibility index (Phi) is 2.03. The first-order chi connectivity index (χ1) is 4.30. The summed E-state index contributed by atoms with van der Waals surface area (Å²) in [6.45, 7) is 0. The van der Waals surface area contributed by atoms with E-state index in [0.717, 1.165) is 19.3 Å². The van der Waals surface area contributed by atoms with E-state index in [1.165, 1.54) is 6.21 Å². The highest BCUT2D eigenvalue weighted by molar-refractivity contribution is 5.51. The first-order valence-electron chi connectivity index (χ1n) is 3.23. The summed E-state index contributed by atoms with van der Waals surface area (Å²) in [5.41, 5.74) is 0. The molecule has 0 saturated carbocycles. The first kappa shape index (κ1) is 6.52. The second-order valence-electron chi connectivity index (χ2n) is 2.26. The van der Waals surface area contributed by atoms with E-state index >= 15 is 0 Å². The van der Waals surface area contributed by atoms with Gasteiger partial charge in [0.1, 0.15) is 0 Å². The fourth-order valence-corrected chi connectivity index (χ4v) is 0.917. The molecular weight excluding hydrogens is 121 g/mol. The fraction of sp³-hybridized carbons (Fsp3) is 0.833. The van der Waals surface area contributed by atoms with Gasteiger partial charge in [-0.3, -0.25) is 0 Å². The molecule has 52 valence electrons. The van der Waals surface area contributed by atoms with Gasteiger partial charge in [0.05, 0.1) is 0 Å². The summed E-state index contributed by atoms with van der Waals surface area (Å²) in [6.07, 6.45) is 2.99. The predicted octanol–water partition coefficient (Wildman–Crippen LogP) is 1.44. The molecule has 0 amide bonds. The zero-order chi connectivity index (χ0) is 6.69. The number of hydrogen-bond donors (Lipinski definition) is 0. The lowest BCUT2D eigenvalue weighted by molar-refractivity contribution is -0.530. The summed E-state index contributed by atoms with van der Waals surface area (Å²) in [4.78, 5) is 0. The van der Waals surface area contributed by atoms with Crippen LogP contribution in [0, 0.1) is 5.21 Å². The average Bonchev–Trinajstić information content (AvgIpc) is 1.99. The second-order valence-corrected chi connectivity index (χ2v) is 2.26. The second kappa shape index (κ2) is 2.80. The van der Waals surface area contributed by atoms with Gasteiger partial charge in [0.15, 0.2) is 6.21 Å². The van der Waals surface area contributed by atoms with Crippen molar-refractivity contribution in [3.05, 3.63) is 5.21 Å². The van der Waals surface area contributed by atoms with Crippen LogP contribution in [0.4, 0.5) is 4.39 Å². The molecule has 1 unspecified atom stereocenters. The van der Waals surface area contributed by atoms with Gasteiger partial charge in [0.25, 0.3) is 0 Å². The number of nitrogens with zero attached hydrogens (tertiary/aromatic N) is 1. The maximum atomic E-state index is 12.4. The zero-order valence-electron chi connectivity index (χ0n) is 5.22. The third-order valence-electron chi connectivity index (χ3n) is 1.48. The highest BCUT2D eigenvalue weighted by atomic mass is 19.1. The third kappa shape index (κ3) is 1.66. The summed E-state index contributed by atoms with van der Waals surface area (Å²) in [5, 5.41) is 10.5. The van der Waals surface area contributed by atoms with Crippen LogP contribution in [0.25, 0.3) is 0 Å². The van der Waals surface area contributed by atoms with Crippen molar-refractivity contribution in [2.24, 2.45) is 0 Å². The Labute approximate surface area is 53.6 Å². The van der Waals surface area contributed by atoms with Gasteiger partial charge in [-0.05, 0) is 12.8 Å². The summed E-state index contributed by atoms with van der Waals surface area (Å²) in [5.74, 6) is 0. The summed E-state index contributed by atoms with van der Waals surface area (Å²) < 4.78 is 12.8. The molecule has 1 atom stereocenters. The van der Waals surface area contributed by atoms with Crippen molar-refractivity contribution in [1.29, 1.82) is 0 Å². The van der Waals surface area contributed by atoms with Crippen LogP contribution in [0.3, 0.4) is 0 Å². The molecule has 1 aliphatic rings. The lowest BCUT2D eigenvalue weighted by atomic mass is 10.2. The molecule has 3 heteroatoms. The Morgan fingerprint density at radius 1 is 1.56 bits per heavy atom. The van der Waals surface area contributed by atoms with Crippen molar-refractivity contribution >= 4 is 6.21 Å². The molecule has 0 spiro atoms. The minimum absolute atomic E-state index is 0.389. The van der Waals surface area contributed by atoms with E-state index in [9.17, 15) is 9.60 Å². The van der Waals surface area contributed by atoms with Crippen molar-refractivity contribution in [3.8, 4) is 0 Å². The van der Waals surface area contributed by atoms with Crippen molar-refractivity contribution in [2.45, 2.75) is 32.0 Å². The Morgan fingerprint density at radius 3 is 3.11 bits per heavy atom. The highest BCUT2D eigenvalue weighted by Gasteiger charge is 2.14. The minimum Gasteiger partial charge on any atom is -0.622 e. The highest BCUT2D eigenvalue weighted by Crippen LogP contribution is 2.09. The SMILES string of the molecule is [O-][N+]1=CCCCCC1F. The van der Waals surface area contributed by atoms with E-state index in [0.29, 0.717) is 11.2 Å². The van der Waals surface area contributed by atoms with Crippen molar-refractivity contribution in [2.75, 3.05) is 0 Å². The maximum absolute atomic E-state index is 12.4. The Bertz CT molecular complexity index is 124. The molecule has 0 aromatic rings. The van der Waals surface area contributed by atoms with Crippen LogP contribution >= 0.6 is 0 Å². The molecule has 0 fully saturated rings. The predicted molar refractivity (Wildman–Crippen MR) is 33.1 cm³/mol. The van der Waals surface area contributed by atoms with Crippen molar-refractivity contribution in [1.82, 2.24) is 0 Å². The minimum atomic E-state index is -1.28. The molecule has 0 aliphatic carbocycles. The summed E-state index contributed by atoms with van der Waals surface area (Å²) in [7, 11) is 0. The normalized spacial score (nSPS) is 29.0. The van der Waals surface area contributed by atoms with Crippen LogP contribution in [0.15, 0.2) is 0 Å². The summed E-state index contributed by atoms with van der Waals surface area (Å²) >= 11 is 0. The lowest BCUT2D eigenvalue weighted by Crippen LogP contribution is -2.14. The maximum Gasteiger partial charge on any atom is 0.303 e. The van der Waals surface area contributed by atoms with Crippen LogP contribution < -0.4 is 0 Å². The lowest BCUT2D eigenvalue weighted by Gasteiger charge is -2.04. The molecule has 0 N–H and O–H groups in total. The fourth-order valence-electron chi connectivity index (χ4n) is 0.917. The number of hydroxylamine groups is 1. The zero-order valence-corrected chi connectivity index (χ0v) is 5.22. The van der Waals surface area contributed by atoms with E-state index in [1.54, 1.807) is 0 Å². The molecule has 2 nitrogen and oxygen atoms in total. The van der Waals surface area contributed by atoms with Gasteiger partial charge in [-0.2, -0.15) is 9.13 Å². The molecule has 0 aromatic heterocycles. The molecule has 9 heavy (non-hydrogen) atoms. The van der Waals surface area contributed by atoms with Gasteiger partial charge in [-0.15, -0.1) is 0 Å². The number of alkyl halides is 1. The molecule has 0 saturated heterocycles. The van der Waals surface area contributed by atoms with E-state index in [1.807, 2.05) is 0 Å². The Morgan fingerprint density at radius 2 is 2.33 bits per heavy atom. The molecule has 1 rings (SSSR count). The average molecular weight is 131 g/mol. The smallest absolute Gasteiger partial charge is 0.303 e. The van der Waals surface area contributed by atoms with Crippen molar-refractivity contribution < 1.29 is 9.13 Å². The number of rotatable bonds is 0. The van der Waals surface area contributed by atoms with E-state index in [-0.39, 0.29) is 0 Å². The third-order valence-corrected chi connectivity index (χ3v) is 1.48. The summed E-state index contributed by atoms with van der Waals surface area (Å²) in [6, 6.07) is 0. The van der Waals surface area contributed by atoms with Crippen LogP contribution in [0.1, 0.15) is 25.7 Å². The number of halogens is 1. The molecule has 0 bridgehead atoms. The van der Waals surface area contributed by atoms with Crippen LogP contribution in [-0.2, 0) is 0 Å². The van der Waals surface area contributed by atoms with Gasteiger partial charge in [-0.25, -0.2) is 0 Å². The van der Waals surface area contributed by atoms with E-state index < -0.39 is 6.30 Å². The quantitative estimate of drug-likeness (QED) is 0.277. The van der Waals surface area contributed by atoms with Gasteiger partial charge >= 0.3 is 6.30 Å². The Hall–Kier alpha value is -0.600. The first-order valence-corrected chi connectivity index (χ1v) is 3.23. The van der Waals surface area contributed by atoms with Gasteiger partial charge in [0, 0.05) is 12.8 Å². The Balaban J connectivity index is 2.51. The number of hydrogen-bond acceptors (Lipinski definition) is 1. The van der Waals surface area contributed by atoms with Crippen LogP contribution in [0.5, 0.6) is 0 Å². The topological polar surface area (TPSA) is 26.1 Å². The standard InChI is InChI=1S/C6H10FNO/c7-6-4-2-1-3-5-8(6)9/h5-6H,1-4H2. The molecule has 1 aliphatic heterocycles. The molecular formula is C6H10FNO. The van der Waals surface area contributed by atoms with Gasteiger partial charge < -0.3 is 5.21 Å². The molecule has 1 heterocycles. The van der Waals surface area contributed by atoms with Crippen molar-refractivity contribution in [3.63, 3.8) is 0 Å². The largest absolute Gasteiger partial charge is 0.622 e. The molecule has 0 radical (unpaired) electrons. The van der Waals surface area contributed by atoms with Gasteiger partial charge in [0.2, 0.25) is 0 Å². The monoisotopic (exact) mass is 131 g/mol. The van der Waals surface area contributed by atoms with E-state index in [2.05, 4.69) is 0 Å². The van der Waals surface area contributed by atoms with E-state index in [4.69, 9.17) is 0 Å². The van der Waals surface area contributed by atoms with Gasteiger partial charge in [-0.1, -0.05) is 0 Å². The molecule has 0 aromatic carbocycles.